The van der Waals surface area contributed by atoms with E-state index in [2.05, 4.69) is 5.32 Å². The summed E-state index contributed by atoms with van der Waals surface area (Å²) in [5, 5.41) is 3.55. The summed E-state index contributed by atoms with van der Waals surface area (Å²) in [5.74, 6) is -0.234. The molecule has 0 aliphatic carbocycles. The van der Waals surface area contributed by atoms with E-state index in [1.165, 1.54) is 6.07 Å². The Morgan fingerprint density at radius 2 is 1.96 bits per heavy atom. The van der Waals surface area contributed by atoms with E-state index in [0.717, 1.165) is 0 Å². The molecule has 1 N–H and O–H groups in total. The van der Waals surface area contributed by atoms with Gasteiger partial charge in [0.1, 0.15) is 11.3 Å². The number of ether oxygens (including phenoxy) is 1. The van der Waals surface area contributed by atoms with E-state index in [9.17, 15) is 14.4 Å². The molecular formula is C21H18N2O5. The number of nitrogens with one attached hydrogen (secondary N) is 1. The van der Waals surface area contributed by atoms with Gasteiger partial charge in [0, 0.05) is 30.1 Å². The number of carbonyl (C=O) groups excluding carboxylic acids is 2. The number of carbonyl (C=O) groups is 2. The molecule has 2 heterocycles. The molecule has 0 spiro atoms. The number of benzene rings is 2. The number of amides is 2. The summed E-state index contributed by atoms with van der Waals surface area (Å²) in [4.78, 5) is 38.0. The normalized spacial score (nSPS) is 16.4. The second-order valence-corrected chi connectivity index (χ2v) is 6.57. The van der Waals surface area contributed by atoms with Crippen molar-refractivity contribution in [2.24, 2.45) is 5.92 Å². The van der Waals surface area contributed by atoms with Crippen molar-refractivity contribution in [2.75, 3.05) is 23.9 Å². The van der Waals surface area contributed by atoms with Gasteiger partial charge in [-0.15, -0.1) is 0 Å². The van der Waals surface area contributed by atoms with Gasteiger partial charge in [-0.2, -0.15) is 0 Å². The molecule has 1 saturated heterocycles. The lowest BCUT2D eigenvalue weighted by Crippen LogP contribution is -2.28. The minimum atomic E-state index is -0.471. The van der Waals surface area contributed by atoms with Crippen LogP contribution in [0.4, 0.5) is 11.4 Å². The Morgan fingerprint density at radius 1 is 1.14 bits per heavy atom. The Hall–Kier alpha value is -3.61. The number of anilines is 2. The lowest BCUT2D eigenvalue weighted by molar-refractivity contribution is -0.122. The topological polar surface area (TPSA) is 88.8 Å². The van der Waals surface area contributed by atoms with Crippen LogP contribution >= 0.6 is 0 Å². The largest absolute Gasteiger partial charge is 0.495 e. The van der Waals surface area contributed by atoms with Crippen molar-refractivity contribution in [3.05, 3.63) is 65.0 Å². The van der Waals surface area contributed by atoms with Gasteiger partial charge in [0.2, 0.25) is 11.8 Å². The van der Waals surface area contributed by atoms with E-state index < -0.39 is 11.5 Å². The van der Waals surface area contributed by atoms with Crippen LogP contribution in [0.5, 0.6) is 5.75 Å². The maximum Gasteiger partial charge on any atom is 0.336 e. The quantitative estimate of drug-likeness (QED) is 0.705. The number of rotatable bonds is 4. The highest BCUT2D eigenvalue weighted by Gasteiger charge is 2.36. The molecule has 2 aromatic carbocycles. The lowest BCUT2D eigenvalue weighted by Gasteiger charge is -2.19. The van der Waals surface area contributed by atoms with Crippen molar-refractivity contribution in [1.82, 2.24) is 0 Å². The number of hydrogen-bond donors (Lipinski definition) is 1. The van der Waals surface area contributed by atoms with Crippen LogP contribution in [0, 0.1) is 5.92 Å². The number of para-hydroxylation sites is 2. The van der Waals surface area contributed by atoms with Crippen molar-refractivity contribution in [3.63, 3.8) is 0 Å². The average Bonchev–Trinajstić information content (AvgIpc) is 3.09. The molecule has 1 fully saturated rings. The molecule has 4 rings (SSSR count). The molecule has 0 saturated carbocycles. The highest BCUT2D eigenvalue weighted by atomic mass is 16.5. The van der Waals surface area contributed by atoms with E-state index in [-0.39, 0.29) is 24.8 Å². The summed E-state index contributed by atoms with van der Waals surface area (Å²) in [6.07, 6.45) is 0.131. The van der Waals surface area contributed by atoms with Crippen molar-refractivity contribution in [1.29, 1.82) is 0 Å². The van der Waals surface area contributed by atoms with Crippen LogP contribution in [0.3, 0.4) is 0 Å². The fraction of sp³-hybridized carbons (Fsp3) is 0.190. The second kappa shape index (κ2) is 7.19. The van der Waals surface area contributed by atoms with E-state index in [1.807, 2.05) is 12.1 Å². The van der Waals surface area contributed by atoms with Gasteiger partial charge < -0.3 is 19.4 Å². The summed E-state index contributed by atoms with van der Waals surface area (Å²) in [7, 11) is 1.55. The molecule has 0 bridgehead atoms. The maximum atomic E-state index is 12.7. The van der Waals surface area contributed by atoms with E-state index >= 15 is 0 Å². The molecule has 3 aromatic rings. The van der Waals surface area contributed by atoms with Crippen LogP contribution in [-0.2, 0) is 9.59 Å². The minimum Gasteiger partial charge on any atom is -0.495 e. The van der Waals surface area contributed by atoms with Gasteiger partial charge in [-0.3, -0.25) is 9.59 Å². The standard InChI is InChI=1S/C21H18N2O5/c1-27-18-5-3-2-4-16(18)23-12-14(11-19(23)24)21(26)22-15-7-8-17-13(10-15)6-9-20(25)28-17/h2-10,14H,11-12H2,1H3,(H,22,26)/t14-/m0/s1. The van der Waals surface area contributed by atoms with Crippen LogP contribution in [0.25, 0.3) is 11.0 Å². The van der Waals surface area contributed by atoms with Crippen LogP contribution in [0.2, 0.25) is 0 Å². The Bertz CT molecular complexity index is 1120. The van der Waals surface area contributed by atoms with Crippen molar-refractivity contribution >= 4 is 34.2 Å². The summed E-state index contributed by atoms with van der Waals surface area (Å²) >= 11 is 0. The zero-order valence-electron chi connectivity index (χ0n) is 15.2. The number of fused-ring (bicyclic) bond motifs is 1. The third kappa shape index (κ3) is 3.34. The number of methoxy groups -OCH3 is 1. The summed E-state index contributed by atoms with van der Waals surface area (Å²) in [6.45, 7) is 0.285. The molecule has 0 unspecified atom stereocenters. The SMILES string of the molecule is COc1ccccc1N1C[C@@H](C(=O)Nc2ccc3oc(=O)ccc3c2)CC1=O. The second-order valence-electron chi connectivity index (χ2n) is 6.57. The van der Waals surface area contributed by atoms with Crippen LogP contribution < -0.4 is 20.6 Å². The van der Waals surface area contributed by atoms with Crippen molar-refractivity contribution in [3.8, 4) is 5.75 Å². The molecular weight excluding hydrogens is 360 g/mol. The summed E-state index contributed by atoms with van der Waals surface area (Å²) in [6, 6.07) is 15.2. The van der Waals surface area contributed by atoms with Gasteiger partial charge in [-0.25, -0.2) is 4.79 Å². The van der Waals surface area contributed by atoms with Gasteiger partial charge in [0.25, 0.3) is 0 Å². The zero-order valence-corrected chi connectivity index (χ0v) is 15.2. The number of hydrogen-bond acceptors (Lipinski definition) is 5. The van der Waals surface area contributed by atoms with E-state index in [0.29, 0.717) is 28.1 Å². The van der Waals surface area contributed by atoms with Crippen molar-refractivity contribution in [2.45, 2.75) is 6.42 Å². The smallest absolute Gasteiger partial charge is 0.336 e. The molecule has 7 heteroatoms. The van der Waals surface area contributed by atoms with Gasteiger partial charge in [0.15, 0.2) is 0 Å². The first-order valence-electron chi connectivity index (χ1n) is 8.83. The molecule has 1 atom stereocenters. The fourth-order valence-corrected chi connectivity index (χ4v) is 3.36. The molecule has 28 heavy (non-hydrogen) atoms. The molecule has 7 nitrogen and oxygen atoms in total. The molecule has 1 aliphatic rings. The average molecular weight is 378 g/mol. The van der Waals surface area contributed by atoms with E-state index in [1.54, 1.807) is 48.4 Å². The predicted molar refractivity (Wildman–Crippen MR) is 105 cm³/mol. The Kier molecular flexibility index (Phi) is 4.57. The first-order valence-corrected chi connectivity index (χ1v) is 8.83. The highest BCUT2D eigenvalue weighted by Crippen LogP contribution is 2.33. The van der Waals surface area contributed by atoms with Crippen LogP contribution in [-0.4, -0.2) is 25.5 Å². The highest BCUT2D eigenvalue weighted by molar-refractivity contribution is 6.04. The van der Waals surface area contributed by atoms with Gasteiger partial charge in [0.05, 0.1) is 18.7 Å². The predicted octanol–water partition coefficient (Wildman–Crippen LogP) is 2.79. The summed E-state index contributed by atoms with van der Waals surface area (Å²) < 4.78 is 10.4. The van der Waals surface area contributed by atoms with Gasteiger partial charge >= 0.3 is 5.63 Å². The lowest BCUT2D eigenvalue weighted by atomic mass is 10.1. The van der Waals surface area contributed by atoms with E-state index in [4.69, 9.17) is 9.15 Å². The zero-order chi connectivity index (χ0) is 19.7. The first-order chi connectivity index (χ1) is 13.5. The molecule has 1 aliphatic heterocycles. The number of nitrogens with zero attached hydrogens (tertiary/aromatic N) is 1. The van der Waals surface area contributed by atoms with Gasteiger partial charge in [-0.1, -0.05) is 12.1 Å². The fourth-order valence-electron chi connectivity index (χ4n) is 3.36. The molecule has 142 valence electrons. The van der Waals surface area contributed by atoms with Gasteiger partial charge in [-0.05, 0) is 36.4 Å². The maximum absolute atomic E-state index is 12.7. The van der Waals surface area contributed by atoms with Crippen LogP contribution in [0.15, 0.2) is 63.8 Å². The summed E-state index contributed by atoms with van der Waals surface area (Å²) in [5.41, 5.74) is 1.26. The Morgan fingerprint density at radius 3 is 2.79 bits per heavy atom. The minimum absolute atomic E-state index is 0.120. The molecule has 2 amide bonds. The molecule has 1 aromatic heterocycles. The third-order valence-corrected chi connectivity index (χ3v) is 4.76. The molecule has 0 radical (unpaired) electrons. The van der Waals surface area contributed by atoms with Crippen molar-refractivity contribution < 1.29 is 18.7 Å². The first kappa shape index (κ1) is 17.8. The Labute approximate surface area is 160 Å². The monoisotopic (exact) mass is 378 g/mol. The third-order valence-electron chi connectivity index (χ3n) is 4.76. The van der Waals surface area contributed by atoms with Crippen LogP contribution in [0.1, 0.15) is 6.42 Å². The Balaban J connectivity index is 1.51.